The van der Waals surface area contributed by atoms with Crippen LogP contribution in [0.4, 0.5) is 10.1 Å². The summed E-state index contributed by atoms with van der Waals surface area (Å²) in [5, 5.41) is 0. The number of Topliss-reactive ketones (excluding diaryl/α,β-unsaturated/α-hetero) is 1. The van der Waals surface area contributed by atoms with Crippen molar-refractivity contribution in [1.29, 1.82) is 0 Å². The first-order valence-electron chi connectivity index (χ1n) is 7.12. The highest BCUT2D eigenvalue weighted by atomic mass is 35.5. The number of carbonyl (C=O) groups excluding carboxylic acids is 2. The molecule has 0 radical (unpaired) electrons. The average molecular weight is 353 g/mol. The summed E-state index contributed by atoms with van der Waals surface area (Å²) < 4.78 is 14.0. The molecule has 0 spiro atoms. The van der Waals surface area contributed by atoms with Gasteiger partial charge in [-0.25, -0.2) is 4.39 Å². The lowest BCUT2D eigenvalue weighted by atomic mass is 10.1. The normalized spacial score (nSPS) is 14.0. The predicted octanol–water partition coefficient (Wildman–Crippen LogP) is 3.55. The van der Waals surface area contributed by atoms with E-state index in [1.165, 1.54) is 28.4 Å². The minimum Gasteiger partial charge on any atom is -0.291 e. The van der Waals surface area contributed by atoms with Crippen molar-refractivity contribution < 1.29 is 14.0 Å². The van der Waals surface area contributed by atoms with Gasteiger partial charge in [-0.3, -0.25) is 19.4 Å². The summed E-state index contributed by atoms with van der Waals surface area (Å²) >= 11 is 7.42. The van der Waals surface area contributed by atoms with E-state index in [9.17, 15) is 14.0 Å². The largest absolute Gasteiger partial charge is 0.300 e. The highest BCUT2D eigenvalue weighted by Crippen LogP contribution is 2.30. The van der Waals surface area contributed by atoms with Crippen LogP contribution in [0.2, 0.25) is 4.34 Å². The van der Waals surface area contributed by atoms with Crippen LogP contribution in [0.3, 0.4) is 0 Å². The smallest absolute Gasteiger partial charge is 0.291 e. The van der Waals surface area contributed by atoms with Crippen molar-refractivity contribution in [2.75, 3.05) is 18.1 Å². The van der Waals surface area contributed by atoms with Crippen LogP contribution in [0.15, 0.2) is 30.3 Å². The lowest BCUT2D eigenvalue weighted by Gasteiger charge is -2.26. The van der Waals surface area contributed by atoms with Crippen molar-refractivity contribution in [3.63, 3.8) is 0 Å². The summed E-state index contributed by atoms with van der Waals surface area (Å²) in [6, 6.07) is 7.62. The molecule has 0 N–H and O–H groups in total. The van der Waals surface area contributed by atoms with Gasteiger partial charge in [0.05, 0.1) is 22.3 Å². The van der Waals surface area contributed by atoms with Gasteiger partial charge in [-0.15, -0.1) is 11.3 Å². The number of hydrogen-bond acceptors (Lipinski definition) is 4. The van der Waals surface area contributed by atoms with E-state index >= 15 is 0 Å². The molecule has 1 aromatic carbocycles. The molecular weight excluding hydrogens is 339 g/mol. The standard InChI is InChI=1S/C16H14ClFN2O2S/c1-2-19(8-11-4-6-14(17)23-11)9-20-13-5-3-10(18)7-12(13)15(21)16(20)22/h3-7H,2,8-9H2,1H3. The maximum Gasteiger partial charge on any atom is 0.300 e. The fourth-order valence-electron chi connectivity index (χ4n) is 2.53. The molecule has 2 aromatic rings. The molecule has 2 heterocycles. The van der Waals surface area contributed by atoms with Crippen molar-refractivity contribution in [3.8, 4) is 0 Å². The van der Waals surface area contributed by atoms with Gasteiger partial charge in [0, 0.05) is 11.4 Å². The Labute approximate surface area is 142 Å². The van der Waals surface area contributed by atoms with Crippen LogP contribution in [-0.4, -0.2) is 29.8 Å². The van der Waals surface area contributed by atoms with Gasteiger partial charge in [0.25, 0.3) is 5.78 Å². The topological polar surface area (TPSA) is 40.6 Å². The fourth-order valence-corrected chi connectivity index (χ4v) is 3.66. The Morgan fingerprint density at radius 1 is 1.26 bits per heavy atom. The van der Waals surface area contributed by atoms with Gasteiger partial charge >= 0.3 is 5.91 Å². The Bertz CT molecular complexity index is 777. The highest BCUT2D eigenvalue weighted by molar-refractivity contribution is 7.16. The number of fused-ring (bicyclic) bond motifs is 1. The van der Waals surface area contributed by atoms with Crippen LogP contribution in [0.5, 0.6) is 0 Å². The number of anilines is 1. The molecule has 0 atom stereocenters. The third kappa shape index (κ3) is 3.15. The predicted molar refractivity (Wildman–Crippen MR) is 88.5 cm³/mol. The van der Waals surface area contributed by atoms with E-state index in [-0.39, 0.29) is 12.2 Å². The fraction of sp³-hybridized carbons (Fsp3) is 0.250. The van der Waals surface area contributed by atoms with E-state index in [2.05, 4.69) is 0 Å². The zero-order valence-corrected chi connectivity index (χ0v) is 14.0. The molecule has 0 unspecified atom stereocenters. The molecule has 0 fully saturated rings. The minimum absolute atomic E-state index is 0.130. The summed E-state index contributed by atoms with van der Waals surface area (Å²) in [5.74, 6) is -1.80. The highest BCUT2D eigenvalue weighted by Gasteiger charge is 2.36. The van der Waals surface area contributed by atoms with E-state index in [1.807, 2.05) is 24.0 Å². The van der Waals surface area contributed by atoms with E-state index < -0.39 is 17.5 Å². The summed E-state index contributed by atoms with van der Waals surface area (Å²) in [7, 11) is 0. The molecule has 3 rings (SSSR count). The molecule has 7 heteroatoms. The lowest BCUT2D eigenvalue weighted by molar-refractivity contribution is -0.114. The number of carbonyl (C=O) groups is 2. The first-order valence-corrected chi connectivity index (χ1v) is 8.31. The van der Waals surface area contributed by atoms with Crippen LogP contribution < -0.4 is 4.90 Å². The van der Waals surface area contributed by atoms with Gasteiger partial charge in [0.15, 0.2) is 0 Å². The second-order valence-electron chi connectivity index (χ2n) is 5.22. The molecule has 23 heavy (non-hydrogen) atoms. The Hall–Kier alpha value is -1.76. The third-order valence-corrected chi connectivity index (χ3v) is 4.95. The number of amides is 1. The molecule has 0 saturated carbocycles. The Morgan fingerprint density at radius 2 is 2.04 bits per heavy atom. The van der Waals surface area contributed by atoms with E-state index in [4.69, 9.17) is 11.6 Å². The molecule has 1 aliphatic rings. The molecule has 0 aliphatic carbocycles. The summed E-state index contributed by atoms with van der Waals surface area (Å²) in [6.45, 7) is 3.57. The molecule has 120 valence electrons. The zero-order valence-electron chi connectivity index (χ0n) is 12.4. The summed E-state index contributed by atoms with van der Waals surface area (Å²) in [5.41, 5.74) is 0.592. The number of thiophene rings is 1. The van der Waals surface area contributed by atoms with Crippen molar-refractivity contribution in [1.82, 2.24) is 4.90 Å². The van der Waals surface area contributed by atoms with Gasteiger partial charge in [-0.05, 0) is 36.9 Å². The Morgan fingerprint density at radius 3 is 2.70 bits per heavy atom. The quantitative estimate of drug-likeness (QED) is 0.773. The second-order valence-corrected chi connectivity index (χ2v) is 7.02. The maximum atomic E-state index is 13.3. The number of ketones is 1. The second kappa shape index (κ2) is 6.39. The molecule has 1 aromatic heterocycles. The molecule has 4 nitrogen and oxygen atoms in total. The van der Waals surface area contributed by atoms with Crippen molar-refractivity contribution in [2.45, 2.75) is 13.5 Å². The maximum absolute atomic E-state index is 13.3. The number of nitrogens with zero attached hydrogens (tertiary/aromatic N) is 2. The van der Waals surface area contributed by atoms with Crippen LogP contribution in [-0.2, 0) is 11.3 Å². The van der Waals surface area contributed by atoms with Gasteiger partial charge in [0.2, 0.25) is 0 Å². The molecule has 1 aliphatic heterocycles. The number of benzene rings is 1. The van der Waals surface area contributed by atoms with Gasteiger partial charge in [-0.1, -0.05) is 18.5 Å². The molecule has 1 amide bonds. The van der Waals surface area contributed by atoms with Gasteiger partial charge < -0.3 is 0 Å². The SMILES string of the molecule is CCN(Cc1ccc(Cl)s1)CN1C(=O)C(=O)c2cc(F)ccc21. The molecule has 0 bridgehead atoms. The lowest BCUT2D eigenvalue weighted by Crippen LogP contribution is -2.40. The van der Waals surface area contributed by atoms with Crippen LogP contribution >= 0.6 is 22.9 Å². The van der Waals surface area contributed by atoms with Gasteiger partial charge in [0.1, 0.15) is 5.82 Å². The monoisotopic (exact) mass is 352 g/mol. The van der Waals surface area contributed by atoms with Crippen LogP contribution in [0, 0.1) is 5.82 Å². The summed E-state index contributed by atoms with van der Waals surface area (Å²) in [4.78, 5) is 28.7. The minimum atomic E-state index is -0.658. The summed E-state index contributed by atoms with van der Waals surface area (Å²) in [6.07, 6.45) is 0. The van der Waals surface area contributed by atoms with Crippen molar-refractivity contribution in [2.24, 2.45) is 0 Å². The van der Waals surface area contributed by atoms with Crippen molar-refractivity contribution >= 4 is 40.3 Å². The third-order valence-electron chi connectivity index (χ3n) is 3.73. The van der Waals surface area contributed by atoms with E-state index in [1.54, 1.807) is 0 Å². The molecule has 0 saturated heterocycles. The van der Waals surface area contributed by atoms with E-state index in [0.717, 1.165) is 10.9 Å². The molecular formula is C16H14ClFN2O2S. The van der Waals surface area contributed by atoms with E-state index in [0.29, 0.717) is 23.1 Å². The number of rotatable bonds is 5. The van der Waals surface area contributed by atoms with Gasteiger partial charge in [-0.2, -0.15) is 0 Å². The Kier molecular flexibility index (Phi) is 4.48. The van der Waals surface area contributed by atoms with Crippen LogP contribution in [0.25, 0.3) is 0 Å². The van der Waals surface area contributed by atoms with Crippen LogP contribution in [0.1, 0.15) is 22.2 Å². The number of hydrogen-bond donors (Lipinski definition) is 0. The first kappa shape index (κ1) is 16.1. The number of halogens is 2. The zero-order chi connectivity index (χ0) is 16.6. The van der Waals surface area contributed by atoms with Crippen molar-refractivity contribution in [3.05, 3.63) is 50.9 Å². The average Bonchev–Trinajstić information content (AvgIpc) is 3.03. The first-order chi connectivity index (χ1) is 11.0. The Balaban J connectivity index is 1.81.